The molecule has 1 N–H and O–H groups in total. The summed E-state index contributed by atoms with van der Waals surface area (Å²) in [6.07, 6.45) is 2.10. The molecule has 0 unspecified atom stereocenters. The number of benzene rings is 1. The van der Waals surface area contributed by atoms with Gasteiger partial charge < -0.3 is 10.0 Å². The van der Waals surface area contributed by atoms with Gasteiger partial charge in [-0.15, -0.1) is 23.1 Å². The SMILES string of the molecule is Cc1nc(CSc2ccc(C(=O)N(CCO)C3CC3)cc2)cs1. The maximum atomic E-state index is 12.5. The zero-order chi connectivity index (χ0) is 16.2. The lowest BCUT2D eigenvalue weighted by atomic mass is 10.2. The molecule has 3 rings (SSSR count). The number of nitrogens with zero attached hydrogens (tertiary/aromatic N) is 2. The zero-order valence-corrected chi connectivity index (χ0v) is 14.7. The second kappa shape index (κ2) is 7.47. The Morgan fingerprint density at radius 3 is 2.70 bits per heavy atom. The van der Waals surface area contributed by atoms with E-state index >= 15 is 0 Å². The van der Waals surface area contributed by atoms with Gasteiger partial charge in [0.1, 0.15) is 0 Å². The average Bonchev–Trinajstić information content (AvgIpc) is 3.32. The van der Waals surface area contributed by atoms with E-state index in [1.165, 1.54) is 0 Å². The van der Waals surface area contributed by atoms with Crippen molar-refractivity contribution in [2.75, 3.05) is 13.2 Å². The topological polar surface area (TPSA) is 53.4 Å². The minimum absolute atomic E-state index is 0.0171. The van der Waals surface area contributed by atoms with Crippen molar-refractivity contribution < 1.29 is 9.90 Å². The first-order valence-corrected chi connectivity index (χ1v) is 9.59. The Morgan fingerprint density at radius 2 is 2.13 bits per heavy atom. The third-order valence-corrected chi connectivity index (χ3v) is 5.61. The predicted molar refractivity (Wildman–Crippen MR) is 94.0 cm³/mol. The lowest BCUT2D eigenvalue weighted by Gasteiger charge is -2.21. The van der Waals surface area contributed by atoms with Crippen molar-refractivity contribution in [3.63, 3.8) is 0 Å². The van der Waals surface area contributed by atoms with E-state index in [1.807, 2.05) is 31.2 Å². The standard InChI is InChI=1S/C17H20N2O2S2/c1-12-18-14(10-22-12)11-23-16-6-2-13(3-7-16)17(21)19(8-9-20)15-4-5-15/h2-3,6-7,10,15,20H,4-5,8-9,11H2,1H3. The van der Waals surface area contributed by atoms with E-state index in [0.717, 1.165) is 34.2 Å². The van der Waals surface area contributed by atoms with Gasteiger partial charge in [0, 0.05) is 34.2 Å². The third-order valence-electron chi connectivity index (χ3n) is 3.74. The van der Waals surface area contributed by atoms with E-state index in [0.29, 0.717) is 18.2 Å². The van der Waals surface area contributed by atoms with E-state index < -0.39 is 0 Å². The molecular formula is C17H20N2O2S2. The molecule has 0 saturated heterocycles. The lowest BCUT2D eigenvalue weighted by molar-refractivity contribution is 0.0707. The first kappa shape index (κ1) is 16.5. The first-order valence-electron chi connectivity index (χ1n) is 7.73. The van der Waals surface area contributed by atoms with Crippen molar-refractivity contribution >= 4 is 29.0 Å². The Balaban J connectivity index is 1.60. The molecule has 122 valence electrons. The van der Waals surface area contributed by atoms with E-state index in [-0.39, 0.29) is 12.5 Å². The fourth-order valence-corrected chi connectivity index (χ4v) is 3.94. The van der Waals surface area contributed by atoms with Crippen LogP contribution in [0.15, 0.2) is 34.5 Å². The number of aryl methyl sites for hydroxylation is 1. The van der Waals surface area contributed by atoms with Crippen molar-refractivity contribution in [2.45, 2.75) is 36.5 Å². The van der Waals surface area contributed by atoms with Crippen LogP contribution in [0.4, 0.5) is 0 Å². The number of thiazole rings is 1. The van der Waals surface area contributed by atoms with Crippen LogP contribution in [-0.4, -0.2) is 40.1 Å². The molecule has 0 radical (unpaired) electrons. The molecule has 1 saturated carbocycles. The highest BCUT2D eigenvalue weighted by atomic mass is 32.2. The maximum absolute atomic E-state index is 12.5. The lowest BCUT2D eigenvalue weighted by Crippen LogP contribution is -2.35. The molecule has 1 aliphatic rings. The maximum Gasteiger partial charge on any atom is 0.254 e. The fourth-order valence-electron chi connectivity index (χ4n) is 2.44. The van der Waals surface area contributed by atoms with Crippen LogP contribution in [0.1, 0.15) is 33.9 Å². The molecule has 1 heterocycles. The van der Waals surface area contributed by atoms with Gasteiger partial charge in [0.15, 0.2) is 0 Å². The molecule has 23 heavy (non-hydrogen) atoms. The molecule has 1 fully saturated rings. The number of carbonyl (C=O) groups is 1. The monoisotopic (exact) mass is 348 g/mol. The summed E-state index contributed by atoms with van der Waals surface area (Å²) in [5.41, 5.74) is 1.79. The van der Waals surface area contributed by atoms with Crippen molar-refractivity contribution in [3.05, 3.63) is 45.9 Å². The van der Waals surface area contributed by atoms with E-state index in [9.17, 15) is 4.79 Å². The minimum Gasteiger partial charge on any atom is -0.395 e. The number of hydrogen-bond acceptors (Lipinski definition) is 5. The number of thioether (sulfide) groups is 1. The molecule has 2 aromatic rings. The van der Waals surface area contributed by atoms with Crippen LogP contribution < -0.4 is 0 Å². The fraction of sp³-hybridized carbons (Fsp3) is 0.412. The summed E-state index contributed by atoms with van der Waals surface area (Å²) < 4.78 is 0. The Morgan fingerprint density at radius 1 is 1.39 bits per heavy atom. The van der Waals surface area contributed by atoms with Crippen LogP contribution in [-0.2, 0) is 5.75 Å². The highest BCUT2D eigenvalue weighted by Crippen LogP contribution is 2.29. The van der Waals surface area contributed by atoms with Gasteiger partial charge in [-0.25, -0.2) is 4.98 Å². The summed E-state index contributed by atoms with van der Waals surface area (Å²) in [6.45, 7) is 2.45. The van der Waals surface area contributed by atoms with Crippen molar-refractivity contribution in [1.29, 1.82) is 0 Å². The van der Waals surface area contributed by atoms with Crippen LogP contribution in [0.5, 0.6) is 0 Å². The van der Waals surface area contributed by atoms with Gasteiger partial charge in [-0.1, -0.05) is 0 Å². The molecule has 1 aromatic heterocycles. The summed E-state index contributed by atoms with van der Waals surface area (Å²) in [5.74, 6) is 0.865. The van der Waals surface area contributed by atoms with Crippen LogP contribution in [0, 0.1) is 6.92 Å². The summed E-state index contributed by atoms with van der Waals surface area (Å²) in [5, 5.41) is 12.3. The number of amides is 1. The van der Waals surface area contributed by atoms with Crippen molar-refractivity contribution in [3.8, 4) is 0 Å². The molecular weight excluding hydrogens is 328 g/mol. The predicted octanol–water partition coefficient (Wildman–Crippen LogP) is 3.34. The molecule has 1 aromatic carbocycles. The van der Waals surface area contributed by atoms with E-state index in [4.69, 9.17) is 5.11 Å². The van der Waals surface area contributed by atoms with E-state index in [1.54, 1.807) is 28.0 Å². The molecule has 0 aliphatic heterocycles. The van der Waals surface area contributed by atoms with Gasteiger partial charge >= 0.3 is 0 Å². The quantitative estimate of drug-likeness (QED) is 0.780. The van der Waals surface area contributed by atoms with Gasteiger partial charge in [0.05, 0.1) is 17.3 Å². The minimum atomic E-state index is 0.0171. The van der Waals surface area contributed by atoms with Crippen LogP contribution in [0.2, 0.25) is 0 Å². The molecule has 0 spiro atoms. The molecule has 1 amide bonds. The summed E-state index contributed by atoms with van der Waals surface area (Å²) in [7, 11) is 0. The van der Waals surface area contributed by atoms with Crippen molar-refractivity contribution in [1.82, 2.24) is 9.88 Å². The second-order valence-corrected chi connectivity index (χ2v) is 7.74. The molecule has 6 heteroatoms. The molecule has 0 bridgehead atoms. The Labute approximate surface area is 144 Å². The summed E-state index contributed by atoms with van der Waals surface area (Å²) in [6, 6.07) is 8.05. The van der Waals surface area contributed by atoms with Crippen molar-refractivity contribution in [2.24, 2.45) is 0 Å². The Bertz CT molecular complexity index is 665. The van der Waals surface area contributed by atoms with Crippen LogP contribution >= 0.6 is 23.1 Å². The third kappa shape index (κ3) is 4.34. The zero-order valence-electron chi connectivity index (χ0n) is 13.1. The summed E-state index contributed by atoms with van der Waals surface area (Å²) >= 11 is 3.39. The average molecular weight is 348 g/mol. The normalized spacial score (nSPS) is 14.0. The molecule has 1 aliphatic carbocycles. The molecule has 4 nitrogen and oxygen atoms in total. The number of aromatic nitrogens is 1. The van der Waals surface area contributed by atoms with Gasteiger partial charge in [0.25, 0.3) is 5.91 Å². The van der Waals surface area contributed by atoms with E-state index in [2.05, 4.69) is 10.4 Å². The van der Waals surface area contributed by atoms with Crippen LogP contribution in [0.25, 0.3) is 0 Å². The van der Waals surface area contributed by atoms with Gasteiger partial charge in [0.2, 0.25) is 0 Å². The Kier molecular flexibility index (Phi) is 5.35. The molecule has 0 atom stereocenters. The van der Waals surface area contributed by atoms with Gasteiger partial charge in [-0.2, -0.15) is 0 Å². The summed E-state index contributed by atoms with van der Waals surface area (Å²) in [4.78, 5) is 19.9. The largest absolute Gasteiger partial charge is 0.395 e. The number of aliphatic hydroxyl groups excluding tert-OH is 1. The van der Waals surface area contributed by atoms with Gasteiger partial charge in [-0.05, 0) is 44.0 Å². The second-order valence-electron chi connectivity index (χ2n) is 5.62. The number of aliphatic hydroxyl groups is 1. The smallest absolute Gasteiger partial charge is 0.254 e. The number of rotatable bonds is 7. The van der Waals surface area contributed by atoms with Gasteiger partial charge in [-0.3, -0.25) is 4.79 Å². The number of hydrogen-bond donors (Lipinski definition) is 1. The van der Waals surface area contributed by atoms with Crippen LogP contribution in [0.3, 0.4) is 0 Å². The first-order chi connectivity index (χ1) is 11.2. The highest BCUT2D eigenvalue weighted by molar-refractivity contribution is 7.98. The number of carbonyl (C=O) groups excluding carboxylic acids is 1. The Hall–Kier alpha value is -1.37. The highest BCUT2D eigenvalue weighted by Gasteiger charge is 2.32.